The summed E-state index contributed by atoms with van der Waals surface area (Å²) in [5.41, 5.74) is 1.98. The monoisotopic (exact) mass is 198 g/mol. The van der Waals surface area contributed by atoms with Crippen LogP contribution in [-0.4, -0.2) is 9.97 Å². The Morgan fingerprint density at radius 1 is 1.58 bits per heavy atom. The highest BCUT2D eigenvalue weighted by molar-refractivity contribution is 7.22. The molecule has 0 aliphatic carbocycles. The number of hydrogen-bond donors (Lipinski definition) is 0. The Kier molecular flexibility index (Phi) is 1.98. The first-order valence-electron chi connectivity index (χ1n) is 3.70. The molecule has 2 rings (SSSR count). The van der Waals surface area contributed by atoms with Crippen molar-refractivity contribution in [2.45, 2.75) is 13.3 Å². The summed E-state index contributed by atoms with van der Waals surface area (Å²) < 4.78 is 1.63. The molecular weight excluding hydrogens is 192 g/mol. The molecule has 0 unspecified atom stereocenters. The molecule has 0 amide bonds. The van der Waals surface area contributed by atoms with E-state index in [0.29, 0.717) is 4.47 Å². The molecule has 0 aromatic carbocycles. The molecule has 0 fully saturated rings. The van der Waals surface area contributed by atoms with Gasteiger partial charge in [-0.05, 0) is 18.1 Å². The van der Waals surface area contributed by atoms with Gasteiger partial charge in [-0.1, -0.05) is 18.5 Å². The first-order valence-corrected chi connectivity index (χ1v) is 4.90. The first kappa shape index (κ1) is 7.95. The number of aryl methyl sites for hydroxylation is 1. The minimum Gasteiger partial charge on any atom is -0.236 e. The third kappa shape index (κ3) is 1.30. The van der Waals surface area contributed by atoms with Gasteiger partial charge in [0.1, 0.15) is 0 Å². The van der Waals surface area contributed by atoms with E-state index in [2.05, 4.69) is 23.0 Å². The second kappa shape index (κ2) is 2.99. The van der Waals surface area contributed by atoms with Gasteiger partial charge in [-0.2, -0.15) is 0 Å². The summed E-state index contributed by atoms with van der Waals surface area (Å²) in [5, 5.41) is 0. The molecule has 0 bridgehead atoms. The van der Waals surface area contributed by atoms with Crippen molar-refractivity contribution in [2.24, 2.45) is 0 Å². The van der Waals surface area contributed by atoms with Crippen molar-refractivity contribution in [1.82, 2.24) is 9.97 Å². The highest BCUT2D eigenvalue weighted by atomic mass is 35.5. The highest BCUT2D eigenvalue weighted by Gasteiger charge is 2.02. The maximum atomic E-state index is 5.75. The van der Waals surface area contributed by atoms with Crippen LogP contribution in [0.5, 0.6) is 0 Å². The van der Waals surface area contributed by atoms with E-state index < -0.39 is 0 Å². The number of thiazole rings is 1. The summed E-state index contributed by atoms with van der Waals surface area (Å²) in [6, 6.07) is 2.09. The van der Waals surface area contributed by atoms with Crippen molar-refractivity contribution in [3.63, 3.8) is 0 Å². The Labute approximate surface area is 79.2 Å². The fraction of sp³-hybridized carbons (Fsp3) is 0.250. The molecule has 0 N–H and O–H groups in total. The van der Waals surface area contributed by atoms with E-state index in [0.717, 1.165) is 16.8 Å². The van der Waals surface area contributed by atoms with Crippen molar-refractivity contribution < 1.29 is 0 Å². The summed E-state index contributed by atoms with van der Waals surface area (Å²) in [5.74, 6) is 0. The summed E-state index contributed by atoms with van der Waals surface area (Å²) in [4.78, 5) is 8.25. The van der Waals surface area contributed by atoms with Gasteiger partial charge in [0.05, 0.1) is 4.70 Å². The van der Waals surface area contributed by atoms with Gasteiger partial charge in [-0.15, -0.1) is 11.3 Å². The van der Waals surface area contributed by atoms with Gasteiger partial charge in [0.15, 0.2) is 10.1 Å². The number of pyridine rings is 1. The fourth-order valence-electron chi connectivity index (χ4n) is 1.03. The van der Waals surface area contributed by atoms with Gasteiger partial charge in [-0.25, -0.2) is 9.97 Å². The van der Waals surface area contributed by atoms with Crippen LogP contribution in [0.3, 0.4) is 0 Å². The Morgan fingerprint density at radius 2 is 2.42 bits per heavy atom. The van der Waals surface area contributed by atoms with Crippen molar-refractivity contribution >= 4 is 33.3 Å². The molecule has 0 atom stereocenters. The second-order valence-corrected chi connectivity index (χ2v) is 4.10. The summed E-state index contributed by atoms with van der Waals surface area (Å²) in [6.45, 7) is 2.10. The van der Waals surface area contributed by atoms with E-state index in [9.17, 15) is 0 Å². The van der Waals surface area contributed by atoms with Gasteiger partial charge >= 0.3 is 0 Å². The molecule has 4 heteroatoms. The normalized spacial score (nSPS) is 10.8. The van der Waals surface area contributed by atoms with Gasteiger partial charge in [0, 0.05) is 6.20 Å². The van der Waals surface area contributed by atoms with Gasteiger partial charge < -0.3 is 0 Å². The fourth-order valence-corrected chi connectivity index (χ4v) is 2.07. The minimum atomic E-state index is 0.561. The number of hydrogen-bond acceptors (Lipinski definition) is 3. The van der Waals surface area contributed by atoms with Crippen molar-refractivity contribution in [3.8, 4) is 0 Å². The zero-order valence-electron chi connectivity index (χ0n) is 6.54. The third-order valence-electron chi connectivity index (χ3n) is 1.69. The third-order valence-corrected chi connectivity index (χ3v) is 2.78. The lowest BCUT2D eigenvalue weighted by Crippen LogP contribution is -1.81. The summed E-state index contributed by atoms with van der Waals surface area (Å²) in [7, 11) is 0. The largest absolute Gasteiger partial charge is 0.236 e. The van der Waals surface area contributed by atoms with E-state index in [1.54, 1.807) is 0 Å². The van der Waals surface area contributed by atoms with Crippen LogP contribution in [0.25, 0.3) is 10.3 Å². The number of aromatic nitrogens is 2. The summed E-state index contributed by atoms with van der Waals surface area (Å²) in [6.07, 6.45) is 2.84. The molecule has 2 aromatic rings. The molecule has 0 aliphatic rings. The molecule has 0 saturated carbocycles. The molecule has 0 aliphatic heterocycles. The SMILES string of the molecule is CCc1cnc2nc(Cl)sc2c1. The Morgan fingerprint density at radius 3 is 3.17 bits per heavy atom. The predicted molar refractivity (Wildman–Crippen MR) is 51.8 cm³/mol. The van der Waals surface area contributed by atoms with E-state index >= 15 is 0 Å². The Balaban J connectivity index is 2.66. The van der Waals surface area contributed by atoms with Crippen molar-refractivity contribution in [1.29, 1.82) is 0 Å². The van der Waals surface area contributed by atoms with Gasteiger partial charge in [-0.3, -0.25) is 0 Å². The lowest BCUT2D eigenvalue weighted by molar-refractivity contribution is 1.12. The number of nitrogens with zero attached hydrogens (tertiary/aromatic N) is 2. The van der Waals surface area contributed by atoms with Crippen LogP contribution in [0.15, 0.2) is 12.3 Å². The molecule has 0 spiro atoms. The zero-order chi connectivity index (χ0) is 8.55. The molecule has 2 nitrogen and oxygen atoms in total. The van der Waals surface area contributed by atoms with E-state index in [1.807, 2.05) is 6.20 Å². The lowest BCUT2D eigenvalue weighted by Gasteiger charge is -1.92. The quantitative estimate of drug-likeness (QED) is 0.704. The van der Waals surface area contributed by atoms with Crippen LogP contribution in [-0.2, 0) is 6.42 Å². The topological polar surface area (TPSA) is 25.8 Å². The van der Waals surface area contributed by atoms with Crippen LogP contribution in [0.4, 0.5) is 0 Å². The summed E-state index contributed by atoms with van der Waals surface area (Å²) >= 11 is 7.22. The lowest BCUT2D eigenvalue weighted by atomic mass is 10.2. The standard InChI is InChI=1S/C8H7ClN2S/c1-2-5-3-6-7(10-4-5)11-8(9)12-6/h3-4H,2H2,1H3. The Hall–Kier alpha value is -0.670. The molecule has 62 valence electrons. The van der Waals surface area contributed by atoms with Gasteiger partial charge in [0.25, 0.3) is 0 Å². The predicted octanol–water partition coefficient (Wildman–Crippen LogP) is 2.91. The number of halogens is 1. The average molecular weight is 199 g/mol. The number of fused-ring (bicyclic) bond motifs is 1. The van der Waals surface area contributed by atoms with Crippen molar-refractivity contribution in [3.05, 3.63) is 22.3 Å². The smallest absolute Gasteiger partial charge is 0.186 e. The maximum absolute atomic E-state index is 5.75. The van der Waals surface area contributed by atoms with Crippen molar-refractivity contribution in [2.75, 3.05) is 0 Å². The zero-order valence-corrected chi connectivity index (χ0v) is 8.11. The Bertz CT molecular complexity index is 410. The van der Waals surface area contributed by atoms with Crippen LogP contribution in [0.1, 0.15) is 12.5 Å². The van der Waals surface area contributed by atoms with Crippen LogP contribution in [0.2, 0.25) is 4.47 Å². The molecule has 0 saturated heterocycles. The molecule has 2 heterocycles. The number of rotatable bonds is 1. The highest BCUT2D eigenvalue weighted by Crippen LogP contribution is 2.24. The maximum Gasteiger partial charge on any atom is 0.186 e. The van der Waals surface area contributed by atoms with Crippen LogP contribution < -0.4 is 0 Å². The molecular formula is C8H7ClN2S. The van der Waals surface area contributed by atoms with Crippen LogP contribution in [0, 0.1) is 0 Å². The molecule has 12 heavy (non-hydrogen) atoms. The minimum absolute atomic E-state index is 0.561. The first-order chi connectivity index (χ1) is 5.79. The van der Waals surface area contributed by atoms with E-state index in [-0.39, 0.29) is 0 Å². The van der Waals surface area contributed by atoms with E-state index in [4.69, 9.17) is 11.6 Å². The van der Waals surface area contributed by atoms with E-state index in [1.165, 1.54) is 16.9 Å². The van der Waals surface area contributed by atoms with Crippen LogP contribution >= 0.6 is 22.9 Å². The van der Waals surface area contributed by atoms with Gasteiger partial charge in [0.2, 0.25) is 0 Å². The molecule has 0 radical (unpaired) electrons. The molecule has 2 aromatic heterocycles. The average Bonchev–Trinajstić information content (AvgIpc) is 2.43. The second-order valence-electron chi connectivity index (χ2n) is 2.49.